The van der Waals surface area contributed by atoms with Crippen LogP contribution in [0.3, 0.4) is 0 Å². The van der Waals surface area contributed by atoms with E-state index in [9.17, 15) is 0 Å². The summed E-state index contributed by atoms with van der Waals surface area (Å²) in [6.45, 7) is 9.14. The van der Waals surface area contributed by atoms with Gasteiger partial charge in [-0.05, 0) is 42.7 Å². The largest absolute Gasteiger partial charge is 0.490 e. The molecule has 2 aliphatic rings. The molecule has 1 fully saturated rings. The van der Waals surface area contributed by atoms with Gasteiger partial charge >= 0.3 is 0 Å². The molecule has 1 saturated heterocycles. The summed E-state index contributed by atoms with van der Waals surface area (Å²) in [5.41, 5.74) is 3.22. The highest BCUT2D eigenvalue weighted by atomic mass is 16.5. The Hall–Kier alpha value is -1.02. The number of rotatable bonds is 4. The predicted octanol–water partition coefficient (Wildman–Crippen LogP) is 3.32. The lowest BCUT2D eigenvalue weighted by Crippen LogP contribution is -2.55. The van der Waals surface area contributed by atoms with E-state index in [2.05, 4.69) is 44.3 Å². The Morgan fingerprint density at radius 3 is 2.79 bits per heavy atom. The van der Waals surface area contributed by atoms with Gasteiger partial charge in [0.05, 0.1) is 0 Å². The first-order chi connectivity index (χ1) is 9.06. The molecule has 2 nitrogen and oxygen atoms in total. The summed E-state index contributed by atoms with van der Waals surface area (Å²) in [5.74, 6) is 1.88. The van der Waals surface area contributed by atoms with Gasteiger partial charge in [-0.1, -0.05) is 31.5 Å². The van der Waals surface area contributed by atoms with Gasteiger partial charge in [0.2, 0.25) is 0 Å². The minimum atomic E-state index is 0.387. The summed E-state index contributed by atoms with van der Waals surface area (Å²) in [7, 11) is 0. The maximum atomic E-state index is 6.15. The van der Waals surface area contributed by atoms with E-state index in [1.807, 2.05) is 0 Å². The molecule has 3 rings (SSSR count). The molecule has 19 heavy (non-hydrogen) atoms. The number of aryl methyl sites for hydroxylation is 1. The summed E-state index contributed by atoms with van der Waals surface area (Å²) in [6, 6.07) is 6.57. The fourth-order valence-electron chi connectivity index (χ4n) is 3.76. The lowest BCUT2D eigenvalue weighted by atomic mass is 9.71. The van der Waals surface area contributed by atoms with Crippen molar-refractivity contribution in [1.29, 1.82) is 0 Å². The van der Waals surface area contributed by atoms with Crippen molar-refractivity contribution in [2.24, 2.45) is 11.3 Å². The summed E-state index contributed by atoms with van der Waals surface area (Å²) >= 11 is 0. The van der Waals surface area contributed by atoms with E-state index in [1.165, 1.54) is 37.1 Å². The normalized spacial score (nSPS) is 23.9. The number of hydrogen-bond acceptors (Lipinski definition) is 2. The Morgan fingerprint density at radius 2 is 2.16 bits per heavy atom. The van der Waals surface area contributed by atoms with Gasteiger partial charge in [0.15, 0.2) is 0 Å². The zero-order chi connectivity index (χ0) is 13.5. The molecule has 2 heteroatoms. The molecule has 104 valence electrons. The first-order valence-electron chi connectivity index (χ1n) is 7.53. The van der Waals surface area contributed by atoms with Crippen molar-refractivity contribution in [2.75, 3.05) is 13.1 Å². The van der Waals surface area contributed by atoms with Crippen LogP contribution in [-0.2, 0) is 6.42 Å². The molecule has 0 spiro atoms. The molecular weight excluding hydrogens is 234 g/mol. The topological polar surface area (TPSA) is 21.3 Å². The Morgan fingerprint density at radius 1 is 1.37 bits per heavy atom. The number of hydrogen-bond donors (Lipinski definition) is 1. The molecule has 2 heterocycles. The molecule has 0 saturated carbocycles. The van der Waals surface area contributed by atoms with Crippen molar-refractivity contribution in [1.82, 2.24) is 5.32 Å². The second-order valence-corrected chi connectivity index (χ2v) is 6.96. The zero-order valence-corrected chi connectivity index (χ0v) is 12.3. The fraction of sp³-hybridized carbons (Fsp3) is 0.647. The molecule has 1 aromatic carbocycles. The van der Waals surface area contributed by atoms with E-state index >= 15 is 0 Å². The SMILES string of the molecule is Cc1ccc2c(c1)CC(CC1(CC(C)C)CNC1)O2. The number of nitrogens with one attached hydrogen (secondary N) is 1. The predicted molar refractivity (Wildman–Crippen MR) is 78.7 cm³/mol. The molecule has 0 amide bonds. The quantitative estimate of drug-likeness (QED) is 0.895. The second-order valence-electron chi connectivity index (χ2n) is 6.96. The average Bonchev–Trinajstić information content (AvgIpc) is 2.66. The van der Waals surface area contributed by atoms with Crippen LogP contribution in [0.1, 0.15) is 37.8 Å². The summed E-state index contributed by atoms with van der Waals surface area (Å²) in [4.78, 5) is 0. The van der Waals surface area contributed by atoms with Gasteiger partial charge in [0, 0.05) is 19.5 Å². The Kier molecular flexibility index (Phi) is 3.30. The monoisotopic (exact) mass is 259 g/mol. The molecule has 0 aromatic heterocycles. The van der Waals surface area contributed by atoms with Crippen molar-refractivity contribution in [3.05, 3.63) is 29.3 Å². The van der Waals surface area contributed by atoms with Crippen LogP contribution in [0, 0.1) is 18.3 Å². The summed E-state index contributed by atoms with van der Waals surface area (Å²) in [6.07, 6.45) is 4.00. The Labute approximate surface area is 116 Å². The van der Waals surface area contributed by atoms with Crippen LogP contribution in [0.5, 0.6) is 5.75 Å². The van der Waals surface area contributed by atoms with Gasteiger partial charge < -0.3 is 10.1 Å². The maximum absolute atomic E-state index is 6.15. The molecule has 2 aliphatic heterocycles. The average molecular weight is 259 g/mol. The Bertz CT molecular complexity index is 462. The highest BCUT2D eigenvalue weighted by Gasteiger charge is 2.41. The maximum Gasteiger partial charge on any atom is 0.123 e. The highest BCUT2D eigenvalue weighted by molar-refractivity contribution is 5.40. The van der Waals surface area contributed by atoms with Crippen LogP contribution >= 0.6 is 0 Å². The molecule has 1 N–H and O–H groups in total. The van der Waals surface area contributed by atoms with Crippen LogP contribution < -0.4 is 10.1 Å². The lowest BCUT2D eigenvalue weighted by Gasteiger charge is -2.45. The van der Waals surface area contributed by atoms with E-state index in [0.717, 1.165) is 18.1 Å². The van der Waals surface area contributed by atoms with Crippen molar-refractivity contribution in [2.45, 2.75) is 46.1 Å². The minimum Gasteiger partial charge on any atom is -0.490 e. The van der Waals surface area contributed by atoms with Crippen LogP contribution in [0.2, 0.25) is 0 Å². The standard InChI is InChI=1S/C17H25NO/c1-12(2)8-17(10-18-11-17)9-15-7-14-6-13(3)4-5-16(14)19-15/h4-6,12,15,18H,7-11H2,1-3H3. The third kappa shape index (κ3) is 2.64. The molecule has 0 radical (unpaired) electrons. The van der Waals surface area contributed by atoms with E-state index in [4.69, 9.17) is 4.74 Å². The Balaban J connectivity index is 1.66. The molecule has 0 bridgehead atoms. The second kappa shape index (κ2) is 4.82. The van der Waals surface area contributed by atoms with Crippen molar-refractivity contribution < 1.29 is 4.74 Å². The summed E-state index contributed by atoms with van der Waals surface area (Å²) in [5, 5.41) is 3.46. The van der Waals surface area contributed by atoms with Crippen LogP contribution in [0.4, 0.5) is 0 Å². The van der Waals surface area contributed by atoms with Crippen LogP contribution in [0.15, 0.2) is 18.2 Å². The fourth-order valence-corrected chi connectivity index (χ4v) is 3.76. The number of fused-ring (bicyclic) bond motifs is 1. The smallest absolute Gasteiger partial charge is 0.123 e. The molecule has 0 aliphatic carbocycles. The van der Waals surface area contributed by atoms with E-state index in [1.54, 1.807) is 0 Å². The van der Waals surface area contributed by atoms with Crippen molar-refractivity contribution >= 4 is 0 Å². The van der Waals surface area contributed by atoms with Crippen LogP contribution in [-0.4, -0.2) is 19.2 Å². The first kappa shape index (κ1) is 13.0. The third-order valence-electron chi connectivity index (χ3n) is 4.46. The molecular formula is C17H25NO. The minimum absolute atomic E-state index is 0.387. The van der Waals surface area contributed by atoms with Crippen molar-refractivity contribution in [3.63, 3.8) is 0 Å². The molecule has 1 atom stereocenters. The molecule has 1 unspecified atom stereocenters. The van der Waals surface area contributed by atoms with Gasteiger partial charge in [-0.3, -0.25) is 0 Å². The van der Waals surface area contributed by atoms with Crippen molar-refractivity contribution in [3.8, 4) is 5.75 Å². The van der Waals surface area contributed by atoms with Gasteiger partial charge in [-0.2, -0.15) is 0 Å². The number of ether oxygens (including phenoxy) is 1. The van der Waals surface area contributed by atoms with Gasteiger partial charge in [0.1, 0.15) is 11.9 Å². The molecule has 1 aromatic rings. The van der Waals surface area contributed by atoms with E-state index in [0.29, 0.717) is 11.5 Å². The number of benzene rings is 1. The summed E-state index contributed by atoms with van der Waals surface area (Å²) < 4.78 is 6.15. The van der Waals surface area contributed by atoms with Gasteiger partial charge in [0.25, 0.3) is 0 Å². The van der Waals surface area contributed by atoms with Crippen LogP contribution in [0.25, 0.3) is 0 Å². The lowest BCUT2D eigenvalue weighted by molar-refractivity contribution is 0.0633. The third-order valence-corrected chi connectivity index (χ3v) is 4.46. The zero-order valence-electron chi connectivity index (χ0n) is 12.3. The van der Waals surface area contributed by atoms with Gasteiger partial charge in [-0.15, -0.1) is 0 Å². The van der Waals surface area contributed by atoms with Gasteiger partial charge in [-0.25, -0.2) is 0 Å². The van der Waals surface area contributed by atoms with E-state index < -0.39 is 0 Å². The van der Waals surface area contributed by atoms with E-state index in [-0.39, 0.29) is 0 Å². The first-order valence-corrected chi connectivity index (χ1v) is 7.53. The highest BCUT2D eigenvalue weighted by Crippen LogP contribution is 2.40.